The first-order chi connectivity index (χ1) is 8.79. The molecule has 1 aliphatic rings. The topological polar surface area (TPSA) is 58.6 Å². The van der Waals surface area contributed by atoms with Crippen LogP contribution in [-0.2, 0) is 14.3 Å². The van der Waals surface area contributed by atoms with Gasteiger partial charge in [-0.25, -0.2) is 0 Å². The predicted octanol–water partition coefficient (Wildman–Crippen LogP) is 1.17. The van der Waals surface area contributed by atoms with E-state index in [0.29, 0.717) is 13.2 Å². The fourth-order valence-corrected chi connectivity index (χ4v) is 2.24. The highest BCUT2D eigenvalue weighted by atomic mass is 16.5. The van der Waals surface area contributed by atoms with Crippen molar-refractivity contribution in [1.82, 2.24) is 10.2 Å². The zero-order valence-corrected chi connectivity index (χ0v) is 12.7. The average molecular weight is 270 g/mol. The first-order valence-electron chi connectivity index (χ1n) is 6.89. The first-order valence-corrected chi connectivity index (χ1v) is 6.89. The Balaban J connectivity index is 2.70. The number of unbranched alkanes of at least 4 members (excludes halogenated alkanes) is 1. The summed E-state index contributed by atoms with van der Waals surface area (Å²) in [5, 5.41) is 2.83. The number of hydrogen-bond donors (Lipinski definition) is 1. The van der Waals surface area contributed by atoms with Crippen LogP contribution in [0.1, 0.15) is 40.5 Å². The van der Waals surface area contributed by atoms with Gasteiger partial charge in [0.25, 0.3) is 0 Å². The van der Waals surface area contributed by atoms with Crippen molar-refractivity contribution in [1.29, 1.82) is 0 Å². The molecular weight excluding hydrogens is 244 g/mol. The number of nitrogens with one attached hydrogen (secondary N) is 1. The van der Waals surface area contributed by atoms with Crippen molar-refractivity contribution in [3.8, 4) is 0 Å². The zero-order valence-electron chi connectivity index (χ0n) is 12.7. The average Bonchev–Trinajstić information content (AvgIpc) is 2.31. The lowest BCUT2D eigenvalue weighted by Gasteiger charge is -2.42. The molecule has 0 radical (unpaired) electrons. The second kappa shape index (κ2) is 6.37. The molecule has 1 fully saturated rings. The van der Waals surface area contributed by atoms with Gasteiger partial charge in [0.15, 0.2) is 0 Å². The maximum Gasteiger partial charge on any atom is 0.246 e. The van der Waals surface area contributed by atoms with Crippen molar-refractivity contribution < 1.29 is 14.3 Å². The summed E-state index contributed by atoms with van der Waals surface area (Å²) in [6, 6.07) is -0.813. The molecule has 5 heteroatoms. The molecule has 1 rings (SSSR count). The normalized spacial score (nSPS) is 24.6. The molecule has 0 aromatic rings. The van der Waals surface area contributed by atoms with Gasteiger partial charge in [-0.3, -0.25) is 9.59 Å². The quantitative estimate of drug-likeness (QED) is 0.763. The summed E-state index contributed by atoms with van der Waals surface area (Å²) in [7, 11) is 1.66. The molecule has 2 amide bonds. The van der Waals surface area contributed by atoms with E-state index in [1.165, 1.54) is 0 Å². The molecule has 0 spiro atoms. The molecule has 2 atom stereocenters. The highest BCUT2D eigenvalue weighted by Crippen LogP contribution is 2.25. The van der Waals surface area contributed by atoms with Crippen LogP contribution in [0.5, 0.6) is 0 Å². The van der Waals surface area contributed by atoms with Crippen LogP contribution in [-0.4, -0.2) is 49.1 Å². The number of carbonyl (C=O) groups excluding carboxylic acids is 2. The van der Waals surface area contributed by atoms with E-state index in [-0.39, 0.29) is 23.3 Å². The maximum atomic E-state index is 12.5. The first kappa shape index (κ1) is 16.0. The van der Waals surface area contributed by atoms with Crippen molar-refractivity contribution in [3.05, 3.63) is 0 Å². The van der Waals surface area contributed by atoms with Gasteiger partial charge in [-0.2, -0.15) is 0 Å². The minimum Gasteiger partial charge on any atom is -0.385 e. The highest BCUT2D eigenvalue weighted by Gasteiger charge is 2.43. The number of rotatable bonds is 5. The highest BCUT2D eigenvalue weighted by molar-refractivity contribution is 5.97. The molecule has 0 aromatic heterocycles. The van der Waals surface area contributed by atoms with Crippen LogP contribution in [0.25, 0.3) is 0 Å². The molecule has 0 aromatic carbocycles. The molecule has 5 nitrogen and oxygen atoms in total. The van der Waals surface area contributed by atoms with Gasteiger partial charge >= 0.3 is 0 Å². The maximum absolute atomic E-state index is 12.5. The molecule has 19 heavy (non-hydrogen) atoms. The van der Waals surface area contributed by atoms with Crippen molar-refractivity contribution in [2.45, 2.75) is 52.6 Å². The van der Waals surface area contributed by atoms with Crippen LogP contribution in [0, 0.1) is 5.41 Å². The third-order valence-electron chi connectivity index (χ3n) is 3.53. The number of methoxy groups -OCH3 is 1. The molecule has 1 saturated heterocycles. The molecule has 0 saturated carbocycles. The summed E-state index contributed by atoms with van der Waals surface area (Å²) in [5.74, 6) is -0.0386. The van der Waals surface area contributed by atoms with Gasteiger partial charge in [0.2, 0.25) is 11.8 Å². The van der Waals surface area contributed by atoms with Gasteiger partial charge in [-0.1, -0.05) is 20.8 Å². The Morgan fingerprint density at radius 3 is 2.42 bits per heavy atom. The summed E-state index contributed by atoms with van der Waals surface area (Å²) in [6.07, 6.45) is 1.75. The Hall–Kier alpha value is -1.10. The van der Waals surface area contributed by atoms with E-state index in [9.17, 15) is 9.59 Å². The van der Waals surface area contributed by atoms with Crippen molar-refractivity contribution >= 4 is 11.8 Å². The molecule has 0 aliphatic carbocycles. The van der Waals surface area contributed by atoms with Gasteiger partial charge < -0.3 is 15.0 Å². The smallest absolute Gasteiger partial charge is 0.246 e. The Bertz CT molecular complexity index is 336. The standard InChI is InChI=1S/C14H26N2O3/c1-10-12(17)15-11(14(2,3)4)13(18)16(10)8-6-7-9-19-5/h10-11H,6-9H2,1-5H3,(H,15,17). The molecule has 1 aliphatic heterocycles. The van der Waals surface area contributed by atoms with Gasteiger partial charge in [-0.15, -0.1) is 0 Å². The van der Waals surface area contributed by atoms with Crippen molar-refractivity contribution in [3.63, 3.8) is 0 Å². The third-order valence-corrected chi connectivity index (χ3v) is 3.53. The number of amides is 2. The molecule has 2 unspecified atom stereocenters. The minimum absolute atomic E-state index is 0.0250. The van der Waals surface area contributed by atoms with E-state index in [0.717, 1.165) is 12.8 Å². The largest absolute Gasteiger partial charge is 0.385 e. The van der Waals surface area contributed by atoms with Crippen LogP contribution in [0.4, 0.5) is 0 Å². The Morgan fingerprint density at radius 2 is 1.89 bits per heavy atom. The lowest BCUT2D eigenvalue weighted by atomic mass is 9.84. The fraction of sp³-hybridized carbons (Fsp3) is 0.857. The summed E-state index contributed by atoms with van der Waals surface area (Å²) < 4.78 is 5.00. The van der Waals surface area contributed by atoms with E-state index >= 15 is 0 Å². The number of piperazine rings is 1. The van der Waals surface area contributed by atoms with Gasteiger partial charge in [0.1, 0.15) is 12.1 Å². The van der Waals surface area contributed by atoms with Gasteiger partial charge in [0.05, 0.1) is 0 Å². The lowest BCUT2D eigenvalue weighted by molar-refractivity contribution is -0.151. The summed E-state index contributed by atoms with van der Waals surface area (Å²) in [6.45, 7) is 8.98. The molecule has 1 heterocycles. The second-order valence-corrected chi connectivity index (χ2v) is 6.22. The third kappa shape index (κ3) is 3.93. The summed E-state index contributed by atoms with van der Waals surface area (Å²) in [5.41, 5.74) is -0.266. The van der Waals surface area contributed by atoms with Gasteiger partial charge in [0, 0.05) is 20.3 Å². The monoisotopic (exact) mass is 270 g/mol. The van der Waals surface area contributed by atoms with Crippen LogP contribution < -0.4 is 5.32 Å². The van der Waals surface area contributed by atoms with E-state index in [4.69, 9.17) is 4.74 Å². The van der Waals surface area contributed by atoms with Crippen LogP contribution in [0.2, 0.25) is 0 Å². The lowest BCUT2D eigenvalue weighted by Crippen LogP contribution is -2.65. The number of nitrogens with zero attached hydrogens (tertiary/aromatic N) is 1. The summed E-state index contributed by atoms with van der Waals surface area (Å²) in [4.78, 5) is 26.1. The number of hydrogen-bond acceptors (Lipinski definition) is 3. The van der Waals surface area contributed by atoms with Crippen LogP contribution in [0.15, 0.2) is 0 Å². The van der Waals surface area contributed by atoms with Gasteiger partial charge in [-0.05, 0) is 25.2 Å². The van der Waals surface area contributed by atoms with E-state index in [2.05, 4.69) is 5.32 Å². The van der Waals surface area contributed by atoms with Crippen LogP contribution >= 0.6 is 0 Å². The van der Waals surface area contributed by atoms with Crippen LogP contribution in [0.3, 0.4) is 0 Å². The zero-order chi connectivity index (χ0) is 14.6. The van der Waals surface area contributed by atoms with Crippen molar-refractivity contribution in [2.75, 3.05) is 20.3 Å². The summed E-state index contributed by atoms with van der Waals surface area (Å²) >= 11 is 0. The Labute approximate surface area is 115 Å². The SMILES string of the molecule is COCCCCN1C(=O)C(C(C)(C)C)NC(=O)C1C. The Kier molecular flexibility index (Phi) is 5.35. The Morgan fingerprint density at radius 1 is 1.26 bits per heavy atom. The molecule has 1 N–H and O–H groups in total. The van der Waals surface area contributed by atoms with E-state index in [1.54, 1.807) is 18.9 Å². The van der Waals surface area contributed by atoms with E-state index < -0.39 is 6.04 Å². The second-order valence-electron chi connectivity index (χ2n) is 6.22. The predicted molar refractivity (Wildman–Crippen MR) is 73.7 cm³/mol. The molecule has 110 valence electrons. The number of ether oxygens (including phenoxy) is 1. The number of carbonyl (C=O) groups is 2. The van der Waals surface area contributed by atoms with Crippen molar-refractivity contribution in [2.24, 2.45) is 5.41 Å². The van der Waals surface area contributed by atoms with E-state index in [1.807, 2.05) is 20.8 Å². The molecular formula is C14H26N2O3. The molecule has 0 bridgehead atoms. The fourth-order valence-electron chi connectivity index (χ4n) is 2.24. The minimum atomic E-state index is -0.432.